The first-order chi connectivity index (χ1) is 7.20. The van der Waals surface area contributed by atoms with Crippen LogP contribution in [0, 0.1) is 17.5 Å². The zero-order chi connectivity index (χ0) is 10.8. The van der Waals surface area contributed by atoms with E-state index in [0.29, 0.717) is 13.0 Å². The van der Waals surface area contributed by atoms with Crippen LogP contribution in [-0.4, -0.2) is 13.1 Å². The van der Waals surface area contributed by atoms with Gasteiger partial charge in [-0.05, 0) is 30.7 Å². The van der Waals surface area contributed by atoms with Gasteiger partial charge in [0.2, 0.25) is 0 Å². The van der Waals surface area contributed by atoms with Crippen molar-refractivity contribution in [2.75, 3.05) is 13.1 Å². The van der Waals surface area contributed by atoms with Crippen molar-refractivity contribution < 1.29 is 13.2 Å². The van der Waals surface area contributed by atoms with Crippen LogP contribution in [-0.2, 0) is 0 Å². The van der Waals surface area contributed by atoms with Crippen LogP contribution >= 0.6 is 0 Å². The zero-order valence-corrected chi connectivity index (χ0v) is 7.99. The first-order valence-corrected chi connectivity index (χ1v) is 4.74. The molecule has 0 amide bonds. The molecule has 0 fully saturated rings. The Morgan fingerprint density at radius 2 is 1.87 bits per heavy atom. The maximum absolute atomic E-state index is 13.4. The van der Waals surface area contributed by atoms with Gasteiger partial charge < -0.3 is 5.32 Å². The summed E-state index contributed by atoms with van der Waals surface area (Å²) < 4.78 is 39.0. The summed E-state index contributed by atoms with van der Waals surface area (Å²) in [6.45, 7) is 1.36. The van der Waals surface area contributed by atoms with Gasteiger partial charge in [-0.3, -0.25) is 0 Å². The summed E-state index contributed by atoms with van der Waals surface area (Å²) in [6.07, 6.45) is 2.42. The van der Waals surface area contributed by atoms with E-state index in [0.717, 1.165) is 18.2 Å². The lowest BCUT2D eigenvalue weighted by molar-refractivity contribution is 0.445. The van der Waals surface area contributed by atoms with Gasteiger partial charge in [0, 0.05) is 12.1 Å². The van der Waals surface area contributed by atoms with Crippen molar-refractivity contribution >= 4 is 5.57 Å². The summed E-state index contributed by atoms with van der Waals surface area (Å²) in [5.41, 5.74) is 0.889. The predicted molar refractivity (Wildman–Crippen MR) is 51.8 cm³/mol. The third-order valence-electron chi connectivity index (χ3n) is 2.45. The number of rotatable bonds is 1. The molecule has 4 heteroatoms. The van der Waals surface area contributed by atoms with Crippen LogP contribution in [0.15, 0.2) is 18.2 Å². The molecule has 1 nitrogen and oxygen atoms in total. The van der Waals surface area contributed by atoms with E-state index in [-0.39, 0.29) is 5.56 Å². The Kier molecular flexibility index (Phi) is 2.77. The van der Waals surface area contributed by atoms with Crippen LogP contribution in [0.3, 0.4) is 0 Å². The average molecular weight is 213 g/mol. The monoisotopic (exact) mass is 213 g/mol. The lowest BCUT2D eigenvalue weighted by Crippen LogP contribution is -2.20. The Labute approximate surface area is 85.6 Å². The van der Waals surface area contributed by atoms with Gasteiger partial charge >= 0.3 is 0 Å². The third kappa shape index (κ3) is 1.90. The van der Waals surface area contributed by atoms with Crippen molar-refractivity contribution in [1.29, 1.82) is 0 Å². The van der Waals surface area contributed by atoms with Gasteiger partial charge in [0.1, 0.15) is 0 Å². The topological polar surface area (TPSA) is 12.0 Å². The van der Waals surface area contributed by atoms with E-state index < -0.39 is 17.5 Å². The van der Waals surface area contributed by atoms with Crippen LogP contribution in [0.4, 0.5) is 13.2 Å². The fourth-order valence-corrected chi connectivity index (χ4v) is 1.64. The van der Waals surface area contributed by atoms with Crippen molar-refractivity contribution in [3.63, 3.8) is 0 Å². The van der Waals surface area contributed by atoms with Crippen LogP contribution in [0.25, 0.3) is 5.57 Å². The summed E-state index contributed by atoms with van der Waals surface area (Å²) in [5.74, 6) is -3.64. The average Bonchev–Trinajstić information content (AvgIpc) is 2.27. The van der Waals surface area contributed by atoms with E-state index in [2.05, 4.69) is 5.32 Å². The molecular formula is C11H10F3N. The van der Waals surface area contributed by atoms with Gasteiger partial charge in [-0.1, -0.05) is 6.08 Å². The quantitative estimate of drug-likeness (QED) is 0.707. The SMILES string of the molecule is Fc1ccc(C2=CCNCC2)c(F)c1F. The second kappa shape index (κ2) is 4.06. The van der Waals surface area contributed by atoms with Crippen molar-refractivity contribution in [3.05, 3.63) is 41.2 Å². The number of benzene rings is 1. The van der Waals surface area contributed by atoms with E-state index in [1.54, 1.807) is 6.08 Å². The van der Waals surface area contributed by atoms with E-state index >= 15 is 0 Å². The Balaban J connectivity index is 2.44. The number of halogens is 3. The summed E-state index contributed by atoms with van der Waals surface area (Å²) in [6, 6.07) is 2.24. The Morgan fingerprint density at radius 3 is 2.53 bits per heavy atom. The third-order valence-corrected chi connectivity index (χ3v) is 2.45. The molecular weight excluding hydrogens is 203 g/mol. The molecule has 0 aromatic heterocycles. The fraction of sp³-hybridized carbons (Fsp3) is 0.273. The maximum atomic E-state index is 13.4. The highest BCUT2D eigenvalue weighted by Crippen LogP contribution is 2.25. The summed E-state index contributed by atoms with van der Waals surface area (Å²) in [4.78, 5) is 0. The molecule has 0 atom stereocenters. The summed E-state index contributed by atoms with van der Waals surface area (Å²) in [7, 11) is 0. The molecule has 0 aliphatic carbocycles. The Morgan fingerprint density at radius 1 is 1.07 bits per heavy atom. The molecule has 0 radical (unpaired) electrons. The summed E-state index contributed by atoms with van der Waals surface area (Å²) in [5, 5.41) is 3.06. The van der Waals surface area contributed by atoms with Gasteiger partial charge in [-0.15, -0.1) is 0 Å². The molecule has 0 bridgehead atoms. The second-order valence-corrected chi connectivity index (χ2v) is 3.41. The van der Waals surface area contributed by atoms with Crippen molar-refractivity contribution in [1.82, 2.24) is 5.32 Å². The minimum Gasteiger partial charge on any atom is -0.313 e. The standard InChI is InChI=1S/C11H10F3N/c12-9-2-1-8(10(13)11(9)14)7-3-5-15-6-4-7/h1-3,15H,4-6H2. The number of hydrogen-bond donors (Lipinski definition) is 1. The first kappa shape index (κ1) is 10.2. The van der Waals surface area contributed by atoms with Crippen molar-refractivity contribution in [3.8, 4) is 0 Å². The molecule has 0 spiro atoms. The van der Waals surface area contributed by atoms with Crippen LogP contribution in [0.5, 0.6) is 0 Å². The van der Waals surface area contributed by atoms with Gasteiger partial charge in [0.05, 0.1) is 0 Å². The van der Waals surface area contributed by atoms with Crippen LogP contribution < -0.4 is 5.32 Å². The number of hydrogen-bond acceptors (Lipinski definition) is 1. The zero-order valence-electron chi connectivity index (χ0n) is 7.99. The molecule has 80 valence electrons. The summed E-state index contributed by atoms with van der Waals surface area (Å²) >= 11 is 0. The van der Waals surface area contributed by atoms with Crippen LogP contribution in [0.1, 0.15) is 12.0 Å². The molecule has 1 aliphatic rings. The Bertz CT molecular complexity index is 413. The van der Waals surface area contributed by atoms with E-state index in [4.69, 9.17) is 0 Å². The first-order valence-electron chi connectivity index (χ1n) is 4.74. The van der Waals surface area contributed by atoms with E-state index in [9.17, 15) is 13.2 Å². The van der Waals surface area contributed by atoms with E-state index in [1.165, 1.54) is 6.07 Å². The van der Waals surface area contributed by atoms with Gasteiger partial charge in [-0.2, -0.15) is 0 Å². The highest BCUT2D eigenvalue weighted by molar-refractivity contribution is 5.67. The molecule has 1 aliphatic heterocycles. The lowest BCUT2D eigenvalue weighted by Gasteiger charge is -2.15. The molecule has 1 N–H and O–H groups in total. The molecule has 2 rings (SSSR count). The molecule has 0 unspecified atom stereocenters. The predicted octanol–water partition coefficient (Wildman–Crippen LogP) is 2.48. The van der Waals surface area contributed by atoms with Gasteiger partial charge in [-0.25, -0.2) is 13.2 Å². The van der Waals surface area contributed by atoms with Crippen LogP contribution in [0.2, 0.25) is 0 Å². The number of nitrogens with one attached hydrogen (secondary N) is 1. The normalized spacial score (nSPS) is 16.3. The van der Waals surface area contributed by atoms with Crippen molar-refractivity contribution in [2.24, 2.45) is 0 Å². The molecule has 1 aromatic carbocycles. The smallest absolute Gasteiger partial charge is 0.195 e. The Hall–Kier alpha value is -1.29. The highest BCUT2D eigenvalue weighted by atomic mass is 19.2. The van der Waals surface area contributed by atoms with Gasteiger partial charge in [0.15, 0.2) is 17.5 Å². The highest BCUT2D eigenvalue weighted by Gasteiger charge is 2.16. The molecule has 1 aromatic rings. The minimum atomic E-state index is -1.40. The fourth-order valence-electron chi connectivity index (χ4n) is 1.64. The minimum absolute atomic E-state index is 0.162. The van der Waals surface area contributed by atoms with E-state index in [1.807, 2.05) is 0 Å². The molecule has 1 heterocycles. The van der Waals surface area contributed by atoms with Crippen molar-refractivity contribution in [2.45, 2.75) is 6.42 Å². The molecule has 15 heavy (non-hydrogen) atoms. The second-order valence-electron chi connectivity index (χ2n) is 3.41. The largest absolute Gasteiger partial charge is 0.313 e. The molecule has 0 saturated heterocycles. The maximum Gasteiger partial charge on any atom is 0.195 e. The van der Waals surface area contributed by atoms with Gasteiger partial charge in [0.25, 0.3) is 0 Å². The molecule has 0 saturated carbocycles. The lowest BCUT2D eigenvalue weighted by atomic mass is 9.99.